The third kappa shape index (κ3) is 4.05. The summed E-state index contributed by atoms with van der Waals surface area (Å²) in [4.78, 5) is 12.1. The van der Waals surface area contributed by atoms with Gasteiger partial charge in [-0.15, -0.1) is 0 Å². The molecular weight excluding hydrogens is 416 g/mol. The quantitative estimate of drug-likeness (QED) is 0.264. The number of carbonyl (C=O) groups is 1. The zero-order valence-corrected chi connectivity index (χ0v) is 16.5. The fourth-order valence-electron chi connectivity index (χ4n) is 3.09. The molecule has 0 spiro atoms. The maximum Gasteiger partial charge on any atom is 0.277 e. The van der Waals surface area contributed by atoms with Gasteiger partial charge in [0.25, 0.3) is 5.91 Å². The molecular formula is C23H17BrN2O2. The van der Waals surface area contributed by atoms with Gasteiger partial charge in [0.15, 0.2) is 6.61 Å². The van der Waals surface area contributed by atoms with E-state index in [2.05, 4.69) is 56.8 Å². The number of benzene rings is 4. The average Bonchev–Trinajstić information content (AvgIpc) is 2.72. The minimum atomic E-state index is -0.319. The van der Waals surface area contributed by atoms with Crippen molar-refractivity contribution >= 4 is 49.6 Å². The normalized spacial score (nSPS) is 11.2. The number of halogens is 1. The molecule has 0 aliphatic heterocycles. The van der Waals surface area contributed by atoms with Crippen LogP contribution in [0, 0.1) is 0 Å². The summed E-state index contributed by atoms with van der Waals surface area (Å²) in [5.74, 6) is 0.300. The Bertz CT molecular complexity index is 1130. The minimum absolute atomic E-state index is 0.107. The molecule has 0 heterocycles. The Morgan fingerprint density at radius 1 is 0.929 bits per heavy atom. The summed E-state index contributed by atoms with van der Waals surface area (Å²) in [5, 5.41) is 8.60. The predicted molar refractivity (Wildman–Crippen MR) is 117 cm³/mol. The molecule has 0 radical (unpaired) electrons. The molecule has 0 saturated heterocycles. The number of rotatable bonds is 5. The van der Waals surface area contributed by atoms with Gasteiger partial charge in [0.2, 0.25) is 0 Å². The van der Waals surface area contributed by atoms with Crippen LogP contribution >= 0.6 is 15.9 Å². The van der Waals surface area contributed by atoms with Crippen LogP contribution in [0.15, 0.2) is 88.4 Å². The van der Waals surface area contributed by atoms with E-state index in [1.807, 2.05) is 36.4 Å². The van der Waals surface area contributed by atoms with E-state index in [4.69, 9.17) is 4.74 Å². The first-order chi connectivity index (χ1) is 13.7. The van der Waals surface area contributed by atoms with Crippen molar-refractivity contribution in [2.75, 3.05) is 6.61 Å². The molecule has 0 bridgehead atoms. The van der Waals surface area contributed by atoms with Gasteiger partial charge in [-0.25, -0.2) is 5.43 Å². The SMILES string of the molecule is O=C(COc1cccc(Br)c1)NN=Cc1c2ccccc2cc2ccccc12. The molecule has 1 amide bonds. The van der Waals surface area contributed by atoms with E-state index in [-0.39, 0.29) is 12.5 Å². The van der Waals surface area contributed by atoms with Gasteiger partial charge < -0.3 is 4.74 Å². The van der Waals surface area contributed by atoms with Crippen molar-refractivity contribution < 1.29 is 9.53 Å². The van der Waals surface area contributed by atoms with Crippen molar-refractivity contribution in [2.24, 2.45) is 5.10 Å². The standard InChI is InChI=1S/C23H17BrN2O2/c24-18-8-5-9-19(13-18)28-15-23(27)26-25-14-22-20-10-3-1-6-16(20)12-17-7-2-4-11-21(17)22/h1-14H,15H2,(H,26,27). The third-order valence-corrected chi connectivity index (χ3v) is 4.86. The fraction of sp³-hybridized carbons (Fsp3) is 0.0435. The first kappa shape index (κ1) is 18.2. The Morgan fingerprint density at radius 2 is 1.61 bits per heavy atom. The molecule has 4 aromatic rings. The van der Waals surface area contributed by atoms with E-state index in [0.29, 0.717) is 5.75 Å². The van der Waals surface area contributed by atoms with Crippen LogP contribution in [0.5, 0.6) is 5.75 Å². The average molecular weight is 433 g/mol. The number of carbonyl (C=O) groups excluding carboxylic acids is 1. The van der Waals surface area contributed by atoms with Crippen LogP contribution in [0.2, 0.25) is 0 Å². The number of amides is 1. The first-order valence-corrected chi connectivity index (χ1v) is 9.61. The summed E-state index contributed by atoms with van der Waals surface area (Å²) in [6.45, 7) is -0.107. The zero-order chi connectivity index (χ0) is 19.3. The first-order valence-electron chi connectivity index (χ1n) is 8.81. The van der Waals surface area contributed by atoms with Gasteiger partial charge in [-0.05, 0) is 45.8 Å². The molecule has 0 saturated carbocycles. The highest BCUT2D eigenvalue weighted by Crippen LogP contribution is 2.27. The Kier molecular flexibility index (Phi) is 5.35. The van der Waals surface area contributed by atoms with E-state index in [0.717, 1.165) is 31.6 Å². The van der Waals surface area contributed by atoms with Gasteiger partial charge in [0, 0.05) is 10.0 Å². The fourth-order valence-corrected chi connectivity index (χ4v) is 3.47. The number of nitrogens with zero attached hydrogens (tertiary/aromatic N) is 1. The summed E-state index contributed by atoms with van der Waals surface area (Å²) in [6.07, 6.45) is 1.70. The molecule has 0 aliphatic rings. The van der Waals surface area contributed by atoms with Gasteiger partial charge >= 0.3 is 0 Å². The van der Waals surface area contributed by atoms with Crippen LogP contribution in [-0.2, 0) is 4.79 Å². The lowest BCUT2D eigenvalue weighted by molar-refractivity contribution is -0.123. The van der Waals surface area contributed by atoms with Crippen LogP contribution < -0.4 is 10.2 Å². The van der Waals surface area contributed by atoms with Gasteiger partial charge in [-0.1, -0.05) is 70.5 Å². The number of nitrogens with one attached hydrogen (secondary N) is 1. The summed E-state index contributed by atoms with van der Waals surface area (Å²) in [7, 11) is 0. The van der Waals surface area contributed by atoms with Gasteiger partial charge in [0.05, 0.1) is 6.21 Å². The molecule has 0 unspecified atom stereocenters. The maximum absolute atomic E-state index is 12.1. The molecule has 0 fully saturated rings. The molecule has 28 heavy (non-hydrogen) atoms. The topological polar surface area (TPSA) is 50.7 Å². The van der Waals surface area contributed by atoms with E-state index in [9.17, 15) is 4.79 Å². The van der Waals surface area contributed by atoms with Crippen LogP contribution in [-0.4, -0.2) is 18.7 Å². The zero-order valence-electron chi connectivity index (χ0n) is 14.9. The van der Waals surface area contributed by atoms with Crippen molar-refractivity contribution in [1.29, 1.82) is 0 Å². The Morgan fingerprint density at radius 3 is 2.29 bits per heavy atom. The molecule has 0 aromatic heterocycles. The van der Waals surface area contributed by atoms with Crippen LogP contribution in [0.1, 0.15) is 5.56 Å². The number of hydrazone groups is 1. The van der Waals surface area contributed by atoms with Gasteiger partial charge in [-0.2, -0.15) is 5.10 Å². The monoisotopic (exact) mass is 432 g/mol. The minimum Gasteiger partial charge on any atom is -0.484 e. The van der Waals surface area contributed by atoms with Gasteiger partial charge in [-0.3, -0.25) is 4.79 Å². The molecule has 4 rings (SSSR count). The Hall–Kier alpha value is -3.18. The Labute approximate surface area is 171 Å². The van der Waals surface area contributed by atoms with Gasteiger partial charge in [0.1, 0.15) is 5.75 Å². The Balaban J connectivity index is 1.52. The number of hydrogen-bond donors (Lipinski definition) is 1. The van der Waals surface area contributed by atoms with E-state index in [1.54, 1.807) is 18.3 Å². The lowest BCUT2D eigenvalue weighted by Crippen LogP contribution is -2.24. The summed E-state index contributed by atoms with van der Waals surface area (Å²) in [6, 6.07) is 25.8. The predicted octanol–water partition coefficient (Wildman–Crippen LogP) is 5.28. The highest BCUT2D eigenvalue weighted by atomic mass is 79.9. The summed E-state index contributed by atoms with van der Waals surface area (Å²) in [5.41, 5.74) is 3.51. The molecule has 138 valence electrons. The molecule has 0 aliphatic carbocycles. The summed E-state index contributed by atoms with van der Waals surface area (Å²) >= 11 is 3.37. The molecule has 4 nitrogen and oxygen atoms in total. The van der Waals surface area contributed by atoms with E-state index < -0.39 is 0 Å². The van der Waals surface area contributed by atoms with Crippen LogP contribution in [0.3, 0.4) is 0 Å². The number of ether oxygens (including phenoxy) is 1. The number of hydrogen-bond acceptors (Lipinski definition) is 3. The van der Waals surface area contributed by atoms with Crippen LogP contribution in [0.4, 0.5) is 0 Å². The van der Waals surface area contributed by atoms with Crippen molar-refractivity contribution in [2.45, 2.75) is 0 Å². The molecule has 5 heteroatoms. The molecule has 1 N–H and O–H groups in total. The van der Waals surface area contributed by atoms with Crippen LogP contribution in [0.25, 0.3) is 21.5 Å². The summed E-state index contributed by atoms with van der Waals surface area (Å²) < 4.78 is 6.37. The smallest absolute Gasteiger partial charge is 0.277 e. The third-order valence-electron chi connectivity index (χ3n) is 4.36. The van der Waals surface area contributed by atoms with E-state index in [1.165, 1.54) is 0 Å². The highest BCUT2D eigenvalue weighted by molar-refractivity contribution is 9.10. The molecule has 4 aromatic carbocycles. The lowest BCUT2D eigenvalue weighted by atomic mass is 9.97. The van der Waals surface area contributed by atoms with Crippen molar-refractivity contribution in [1.82, 2.24) is 5.43 Å². The highest BCUT2D eigenvalue weighted by Gasteiger charge is 2.06. The largest absolute Gasteiger partial charge is 0.484 e. The van der Waals surface area contributed by atoms with E-state index >= 15 is 0 Å². The number of fused-ring (bicyclic) bond motifs is 2. The second-order valence-electron chi connectivity index (χ2n) is 6.27. The van der Waals surface area contributed by atoms with Crippen molar-refractivity contribution in [3.05, 3.63) is 88.9 Å². The second-order valence-corrected chi connectivity index (χ2v) is 7.19. The van der Waals surface area contributed by atoms with Crippen molar-refractivity contribution in [3.63, 3.8) is 0 Å². The maximum atomic E-state index is 12.1. The second kappa shape index (κ2) is 8.23. The lowest BCUT2D eigenvalue weighted by Gasteiger charge is -2.08. The molecule has 0 atom stereocenters. The van der Waals surface area contributed by atoms with Crippen molar-refractivity contribution in [3.8, 4) is 5.75 Å².